The summed E-state index contributed by atoms with van der Waals surface area (Å²) in [5.41, 5.74) is 3.26. The third kappa shape index (κ3) is 5.16. The summed E-state index contributed by atoms with van der Waals surface area (Å²) >= 11 is 0. The first-order valence-electron chi connectivity index (χ1n) is 10.1. The zero-order valence-corrected chi connectivity index (χ0v) is 19.2. The predicted molar refractivity (Wildman–Crippen MR) is 126 cm³/mol. The smallest absolute Gasteiger partial charge is 0.246 e. The molecule has 32 heavy (non-hydrogen) atoms. The first-order chi connectivity index (χ1) is 14.9. The number of nitrogens with one attached hydrogen (secondary N) is 1. The minimum Gasteiger partial charge on any atom is -0.487 e. The van der Waals surface area contributed by atoms with Crippen molar-refractivity contribution in [2.45, 2.75) is 39.3 Å². The fourth-order valence-corrected chi connectivity index (χ4v) is 3.37. The molecule has 4 rings (SSSR count). The third-order valence-electron chi connectivity index (χ3n) is 5.40. The molecule has 0 aliphatic carbocycles. The second kappa shape index (κ2) is 9.95. The molecule has 1 N–H and O–H groups in total. The van der Waals surface area contributed by atoms with E-state index in [-0.39, 0.29) is 37.9 Å². The molecule has 1 atom stereocenters. The van der Waals surface area contributed by atoms with E-state index < -0.39 is 0 Å². The van der Waals surface area contributed by atoms with Crippen molar-refractivity contribution in [1.82, 2.24) is 15.0 Å². The summed E-state index contributed by atoms with van der Waals surface area (Å²) in [6.07, 6.45) is 2.65. The average Bonchev–Trinajstić information content (AvgIpc) is 2.77. The number of aryl methyl sites for hydroxylation is 3. The Morgan fingerprint density at radius 2 is 1.88 bits per heavy atom. The van der Waals surface area contributed by atoms with Crippen molar-refractivity contribution in [3.05, 3.63) is 71.2 Å². The highest BCUT2D eigenvalue weighted by atomic mass is 32.1. The Balaban J connectivity index is 0.00000289. The molecule has 1 amide bonds. The second-order valence-electron chi connectivity index (χ2n) is 7.60. The van der Waals surface area contributed by atoms with Crippen LogP contribution in [0, 0.1) is 12.7 Å². The molecule has 1 aliphatic rings. The van der Waals surface area contributed by atoms with Gasteiger partial charge in [0.25, 0.3) is 0 Å². The minimum absolute atomic E-state index is 0. The number of amides is 1. The number of nitrogens with zero attached hydrogens (tertiary/aromatic N) is 4. The molecule has 9 heteroatoms. The molecule has 0 spiro atoms. The summed E-state index contributed by atoms with van der Waals surface area (Å²) in [5.74, 6) is 1.81. The summed E-state index contributed by atoms with van der Waals surface area (Å²) in [6, 6.07) is 10.5. The topological polar surface area (TPSA) is 80.2 Å². The molecule has 0 radical (unpaired) electrons. The molecule has 7 nitrogen and oxygen atoms in total. The van der Waals surface area contributed by atoms with Gasteiger partial charge in [0, 0.05) is 13.5 Å². The summed E-state index contributed by atoms with van der Waals surface area (Å²) in [5, 5.41) is 2.90. The molecule has 3 heterocycles. The predicted octanol–water partition coefficient (Wildman–Crippen LogP) is 3.57. The normalized spacial score (nSPS) is 14.9. The highest BCUT2D eigenvalue weighted by molar-refractivity contribution is 7.59. The van der Waals surface area contributed by atoms with Gasteiger partial charge in [0.15, 0.2) is 5.82 Å². The number of rotatable bonds is 6. The molecule has 0 fully saturated rings. The SMILES string of the molecule is Cc1nc(CCc2ccc(OCc3ccc(F)cn3)cc2)nc2c1NC(=O)[C@H](C)N2C.S. The molecule has 1 aliphatic heterocycles. The van der Waals surface area contributed by atoms with E-state index >= 15 is 0 Å². The standard InChI is InChI=1S/C23H24FN5O2.H2S/c1-14-21-22(29(3)15(2)23(30)28-21)27-20(26-14)11-6-16-4-9-19(10-5-16)31-13-18-8-7-17(24)12-25-18;/h4-5,7-10,12,15H,6,11,13H2,1-3H3,(H,28,30);1H2/t15-;/m0./s1. The van der Waals surface area contributed by atoms with Gasteiger partial charge in [-0.3, -0.25) is 9.78 Å². The molecule has 168 valence electrons. The van der Waals surface area contributed by atoms with Crippen LogP contribution in [-0.4, -0.2) is 33.9 Å². The van der Waals surface area contributed by atoms with Gasteiger partial charge in [-0.25, -0.2) is 14.4 Å². The van der Waals surface area contributed by atoms with Gasteiger partial charge in [-0.1, -0.05) is 12.1 Å². The number of hydrogen-bond donors (Lipinski definition) is 1. The quantitative estimate of drug-likeness (QED) is 0.612. The number of hydrogen-bond acceptors (Lipinski definition) is 6. The van der Waals surface area contributed by atoms with Gasteiger partial charge in [-0.05, 0) is 50.1 Å². The Bertz CT molecular complexity index is 1090. The van der Waals surface area contributed by atoms with Crippen LogP contribution >= 0.6 is 13.5 Å². The van der Waals surface area contributed by atoms with Crippen molar-refractivity contribution < 1.29 is 13.9 Å². The maximum atomic E-state index is 12.9. The van der Waals surface area contributed by atoms with E-state index in [1.807, 2.05) is 50.1 Å². The van der Waals surface area contributed by atoms with Crippen LogP contribution in [0.25, 0.3) is 0 Å². The van der Waals surface area contributed by atoms with Crippen LogP contribution in [0.15, 0.2) is 42.6 Å². The largest absolute Gasteiger partial charge is 0.487 e. The number of pyridine rings is 1. The Morgan fingerprint density at radius 3 is 2.56 bits per heavy atom. The van der Waals surface area contributed by atoms with Gasteiger partial charge < -0.3 is 15.0 Å². The maximum Gasteiger partial charge on any atom is 0.246 e. The van der Waals surface area contributed by atoms with Crippen molar-refractivity contribution in [2.75, 3.05) is 17.3 Å². The van der Waals surface area contributed by atoms with E-state index in [0.29, 0.717) is 17.8 Å². The van der Waals surface area contributed by atoms with Gasteiger partial charge in [-0.15, -0.1) is 0 Å². The third-order valence-corrected chi connectivity index (χ3v) is 5.40. The second-order valence-corrected chi connectivity index (χ2v) is 7.60. The first-order valence-corrected chi connectivity index (χ1v) is 10.1. The Morgan fingerprint density at radius 1 is 1.12 bits per heavy atom. The summed E-state index contributed by atoms with van der Waals surface area (Å²) < 4.78 is 18.6. The van der Waals surface area contributed by atoms with Crippen molar-refractivity contribution in [1.29, 1.82) is 0 Å². The molecule has 0 saturated carbocycles. The highest BCUT2D eigenvalue weighted by Gasteiger charge is 2.30. The lowest BCUT2D eigenvalue weighted by Crippen LogP contribution is -2.45. The van der Waals surface area contributed by atoms with Crippen LogP contribution in [0.3, 0.4) is 0 Å². The molecule has 0 bridgehead atoms. The number of benzene rings is 1. The van der Waals surface area contributed by atoms with Crippen LogP contribution in [0.5, 0.6) is 5.75 Å². The zero-order valence-electron chi connectivity index (χ0n) is 18.2. The van der Waals surface area contributed by atoms with Gasteiger partial charge in [0.1, 0.15) is 35.7 Å². The lowest BCUT2D eigenvalue weighted by atomic mass is 10.1. The van der Waals surface area contributed by atoms with Crippen LogP contribution in [0.1, 0.15) is 29.7 Å². The number of likely N-dealkylation sites (N-methyl/N-ethyl adjacent to an activating group) is 1. The van der Waals surface area contributed by atoms with E-state index in [4.69, 9.17) is 4.74 Å². The number of halogens is 1. The molecule has 2 aromatic heterocycles. The van der Waals surface area contributed by atoms with Crippen LogP contribution in [0.4, 0.5) is 15.9 Å². The van der Waals surface area contributed by atoms with E-state index in [9.17, 15) is 9.18 Å². The van der Waals surface area contributed by atoms with Crippen LogP contribution in [-0.2, 0) is 24.2 Å². The molecular formula is C23H26FN5O2S. The Hall–Kier alpha value is -3.20. The Labute approximate surface area is 193 Å². The zero-order chi connectivity index (χ0) is 22.0. The number of carbonyl (C=O) groups excluding carboxylic acids is 1. The molecule has 3 aromatic rings. The Kier molecular flexibility index (Phi) is 7.29. The summed E-state index contributed by atoms with van der Waals surface area (Å²) in [6.45, 7) is 4.02. The minimum atomic E-state index is -0.364. The monoisotopic (exact) mass is 455 g/mol. The first kappa shape index (κ1) is 23.5. The number of ether oxygens (including phenoxy) is 1. The molecule has 1 aromatic carbocycles. The van der Waals surface area contributed by atoms with Gasteiger partial charge in [0.2, 0.25) is 5.91 Å². The fourth-order valence-electron chi connectivity index (χ4n) is 3.37. The van der Waals surface area contributed by atoms with Crippen LogP contribution in [0.2, 0.25) is 0 Å². The van der Waals surface area contributed by atoms with Gasteiger partial charge in [-0.2, -0.15) is 13.5 Å². The van der Waals surface area contributed by atoms with E-state index in [2.05, 4.69) is 20.3 Å². The molecular weight excluding hydrogens is 429 g/mol. The van der Waals surface area contributed by atoms with Crippen molar-refractivity contribution in [2.24, 2.45) is 0 Å². The van der Waals surface area contributed by atoms with E-state index in [1.165, 1.54) is 12.3 Å². The summed E-state index contributed by atoms with van der Waals surface area (Å²) in [4.78, 5) is 27.2. The maximum absolute atomic E-state index is 12.9. The van der Waals surface area contributed by atoms with Gasteiger partial charge in [0.05, 0.1) is 17.6 Å². The number of aromatic nitrogens is 3. The lowest BCUT2D eigenvalue weighted by Gasteiger charge is -2.32. The van der Waals surface area contributed by atoms with Crippen molar-refractivity contribution >= 4 is 30.9 Å². The van der Waals surface area contributed by atoms with Crippen LogP contribution < -0.4 is 15.0 Å². The van der Waals surface area contributed by atoms with Gasteiger partial charge >= 0.3 is 0 Å². The number of anilines is 2. The molecule has 0 unspecified atom stereocenters. The summed E-state index contributed by atoms with van der Waals surface area (Å²) in [7, 11) is 1.87. The highest BCUT2D eigenvalue weighted by Crippen LogP contribution is 2.31. The average molecular weight is 456 g/mol. The number of fused-ring (bicyclic) bond motifs is 1. The fraction of sp³-hybridized carbons (Fsp3) is 0.304. The van der Waals surface area contributed by atoms with E-state index in [0.717, 1.165) is 35.1 Å². The van der Waals surface area contributed by atoms with Crippen molar-refractivity contribution in [3.63, 3.8) is 0 Å². The lowest BCUT2D eigenvalue weighted by molar-refractivity contribution is -0.117. The number of carbonyl (C=O) groups is 1. The van der Waals surface area contributed by atoms with E-state index in [1.54, 1.807) is 6.07 Å². The molecule has 0 saturated heterocycles. The van der Waals surface area contributed by atoms with Crippen molar-refractivity contribution in [3.8, 4) is 5.75 Å².